The Morgan fingerprint density at radius 1 is 1.53 bits per heavy atom. The van der Waals surface area contributed by atoms with Crippen LogP contribution in [0.15, 0.2) is 22.7 Å². The second-order valence-electron chi connectivity index (χ2n) is 4.62. The molecule has 0 aliphatic carbocycles. The van der Waals surface area contributed by atoms with Gasteiger partial charge in [0.1, 0.15) is 0 Å². The summed E-state index contributed by atoms with van der Waals surface area (Å²) in [5.74, 6) is 0.410. The molecule has 0 radical (unpaired) electrons. The van der Waals surface area contributed by atoms with E-state index in [4.69, 9.17) is 17.3 Å². The Bertz CT molecular complexity index is 456. The van der Waals surface area contributed by atoms with Crippen molar-refractivity contribution in [1.82, 2.24) is 4.90 Å². The Kier molecular flexibility index (Phi) is 6.60. The number of hydrogen-bond donors (Lipinski definition) is 1. The van der Waals surface area contributed by atoms with Crippen molar-refractivity contribution < 1.29 is 4.79 Å². The molecule has 1 fully saturated rings. The Labute approximate surface area is 133 Å². The van der Waals surface area contributed by atoms with E-state index < -0.39 is 0 Å². The molecule has 0 bridgehead atoms. The average molecular weight is 368 g/mol. The summed E-state index contributed by atoms with van der Waals surface area (Å²) in [6.45, 7) is 2.16. The molecule has 1 aromatic rings. The first-order valence-electron chi connectivity index (χ1n) is 6.06. The lowest BCUT2D eigenvalue weighted by atomic mass is 9.97. The smallest absolute Gasteiger partial charge is 0.255 e. The number of likely N-dealkylation sites (tertiary alicyclic amines) is 1. The van der Waals surface area contributed by atoms with Gasteiger partial charge >= 0.3 is 0 Å². The molecule has 2 rings (SSSR count). The molecule has 1 saturated heterocycles. The molecule has 0 spiro atoms. The first-order valence-corrected chi connectivity index (χ1v) is 7.23. The van der Waals surface area contributed by atoms with Crippen molar-refractivity contribution in [2.24, 2.45) is 11.7 Å². The molecule has 0 aromatic heterocycles. The first-order chi connectivity index (χ1) is 8.61. The van der Waals surface area contributed by atoms with Gasteiger partial charge in [0, 0.05) is 17.6 Å². The quantitative estimate of drug-likeness (QED) is 0.871. The standard InChI is InChI=1S/C13H16BrClN2O.ClH/c14-10-3-4-12(15)11(6-10)13(18)17-5-1-2-9(7-16)8-17;/h3-4,6,9H,1-2,5,7-8,16H2;1H. The van der Waals surface area contributed by atoms with Gasteiger partial charge in [-0.1, -0.05) is 27.5 Å². The normalized spacial score (nSPS) is 18.9. The third kappa shape index (κ3) is 4.09. The average Bonchev–Trinajstić information content (AvgIpc) is 2.41. The lowest BCUT2D eigenvalue weighted by Crippen LogP contribution is -2.42. The van der Waals surface area contributed by atoms with Crippen molar-refractivity contribution in [3.05, 3.63) is 33.3 Å². The van der Waals surface area contributed by atoms with Crippen molar-refractivity contribution >= 4 is 45.8 Å². The van der Waals surface area contributed by atoms with Crippen molar-refractivity contribution in [2.75, 3.05) is 19.6 Å². The maximum atomic E-state index is 12.4. The second kappa shape index (κ2) is 7.48. The zero-order chi connectivity index (χ0) is 13.1. The Morgan fingerprint density at radius 2 is 2.26 bits per heavy atom. The van der Waals surface area contributed by atoms with Crippen LogP contribution in [-0.2, 0) is 0 Å². The van der Waals surface area contributed by atoms with Crippen molar-refractivity contribution in [1.29, 1.82) is 0 Å². The molecule has 2 N–H and O–H groups in total. The number of benzene rings is 1. The van der Waals surface area contributed by atoms with Gasteiger partial charge in [-0.25, -0.2) is 0 Å². The minimum absolute atomic E-state index is 0. The number of carbonyl (C=O) groups excluding carboxylic acids is 1. The van der Waals surface area contributed by atoms with Crippen LogP contribution in [0.4, 0.5) is 0 Å². The van der Waals surface area contributed by atoms with Crippen LogP contribution >= 0.6 is 39.9 Å². The molecular formula is C13H17BrCl2N2O. The van der Waals surface area contributed by atoms with Crippen LogP contribution in [0.2, 0.25) is 5.02 Å². The van der Waals surface area contributed by atoms with E-state index in [1.165, 1.54) is 0 Å². The SMILES string of the molecule is Cl.NCC1CCCN(C(=O)c2cc(Br)ccc2Cl)C1. The highest BCUT2D eigenvalue weighted by Crippen LogP contribution is 2.24. The van der Waals surface area contributed by atoms with Crippen LogP contribution in [0, 0.1) is 5.92 Å². The van der Waals surface area contributed by atoms with E-state index in [-0.39, 0.29) is 18.3 Å². The van der Waals surface area contributed by atoms with Gasteiger partial charge in [-0.2, -0.15) is 0 Å². The molecule has 1 heterocycles. The monoisotopic (exact) mass is 366 g/mol. The highest BCUT2D eigenvalue weighted by atomic mass is 79.9. The summed E-state index contributed by atoms with van der Waals surface area (Å²) in [5.41, 5.74) is 6.25. The van der Waals surface area contributed by atoms with Crippen LogP contribution < -0.4 is 5.73 Å². The molecule has 1 aliphatic heterocycles. The summed E-state index contributed by atoms with van der Waals surface area (Å²) >= 11 is 9.45. The van der Waals surface area contributed by atoms with Crippen LogP contribution in [0.5, 0.6) is 0 Å². The first kappa shape index (κ1) is 16.8. The lowest BCUT2D eigenvalue weighted by molar-refractivity contribution is 0.0678. The van der Waals surface area contributed by atoms with E-state index in [0.717, 1.165) is 30.4 Å². The Hall–Kier alpha value is -0.290. The molecule has 1 aliphatic rings. The second-order valence-corrected chi connectivity index (χ2v) is 5.94. The molecular weight excluding hydrogens is 351 g/mol. The fourth-order valence-electron chi connectivity index (χ4n) is 2.27. The number of piperidine rings is 1. The minimum Gasteiger partial charge on any atom is -0.338 e. The van der Waals surface area contributed by atoms with Gasteiger partial charge < -0.3 is 10.6 Å². The number of rotatable bonds is 2. The maximum absolute atomic E-state index is 12.4. The number of nitrogens with zero attached hydrogens (tertiary/aromatic N) is 1. The van der Waals surface area contributed by atoms with Gasteiger partial charge in [0.2, 0.25) is 0 Å². The largest absolute Gasteiger partial charge is 0.338 e. The predicted molar refractivity (Wildman–Crippen MR) is 84.1 cm³/mol. The zero-order valence-electron chi connectivity index (χ0n) is 10.4. The predicted octanol–water partition coefficient (Wildman–Crippen LogP) is 3.34. The van der Waals surface area contributed by atoms with Gasteiger partial charge in [0.05, 0.1) is 10.6 Å². The van der Waals surface area contributed by atoms with Crippen LogP contribution in [0.1, 0.15) is 23.2 Å². The minimum atomic E-state index is -0.000509. The van der Waals surface area contributed by atoms with Crippen LogP contribution in [-0.4, -0.2) is 30.4 Å². The fraction of sp³-hybridized carbons (Fsp3) is 0.462. The molecule has 1 unspecified atom stereocenters. The summed E-state index contributed by atoms with van der Waals surface area (Å²) in [6.07, 6.45) is 2.12. The Balaban J connectivity index is 0.00000180. The van der Waals surface area contributed by atoms with Crippen molar-refractivity contribution in [3.63, 3.8) is 0 Å². The topological polar surface area (TPSA) is 46.3 Å². The lowest BCUT2D eigenvalue weighted by Gasteiger charge is -2.32. The Morgan fingerprint density at radius 3 is 2.95 bits per heavy atom. The third-order valence-corrected chi connectivity index (χ3v) is 4.12. The van der Waals surface area contributed by atoms with Gasteiger partial charge in [-0.3, -0.25) is 4.79 Å². The summed E-state index contributed by atoms with van der Waals surface area (Å²) in [6, 6.07) is 5.35. The summed E-state index contributed by atoms with van der Waals surface area (Å²) in [5, 5.41) is 0.498. The number of hydrogen-bond acceptors (Lipinski definition) is 2. The number of amides is 1. The van der Waals surface area contributed by atoms with Crippen LogP contribution in [0.3, 0.4) is 0 Å². The fourth-order valence-corrected chi connectivity index (χ4v) is 2.83. The molecule has 19 heavy (non-hydrogen) atoms. The van der Waals surface area contributed by atoms with E-state index in [2.05, 4.69) is 15.9 Å². The molecule has 106 valence electrons. The van der Waals surface area contributed by atoms with Crippen molar-refractivity contribution in [3.8, 4) is 0 Å². The van der Waals surface area contributed by atoms with Gasteiger partial charge in [0.15, 0.2) is 0 Å². The van der Waals surface area contributed by atoms with Gasteiger partial charge in [-0.05, 0) is 43.5 Å². The highest BCUT2D eigenvalue weighted by molar-refractivity contribution is 9.10. The molecule has 1 aromatic carbocycles. The summed E-state index contributed by atoms with van der Waals surface area (Å²) in [7, 11) is 0. The summed E-state index contributed by atoms with van der Waals surface area (Å²) in [4.78, 5) is 14.3. The maximum Gasteiger partial charge on any atom is 0.255 e. The third-order valence-electron chi connectivity index (χ3n) is 3.30. The summed E-state index contributed by atoms with van der Waals surface area (Å²) < 4.78 is 0.864. The van der Waals surface area contributed by atoms with E-state index in [0.29, 0.717) is 23.0 Å². The van der Waals surface area contributed by atoms with Gasteiger partial charge in [0.25, 0.3) is 5.91 Å². The van der Waals surface area contributed by atoms with E-state index in [9.17, 15) is 4.79 Å². The van der Waals surface area contributed by atoms with E-state index in [1.54, 1.807) is 12.1 Å². The molecule has 6 heteroatoms. The zero-order valence-corrected chi connectivity index (χ0v) is 13.6. The van der Waals surface area contributed by atoms with Gasteiger partial charge in [-0.15, -0.1) is 12.4 Å². The number of nitrogens with two attached hydrogens (primary N) is 1. The number of halogens is 3. The van der Waals surface area contributed by atoms with Crippen molar-refractivity contribution in [2.45, 2.75) is 12.8 Å². The molecule has 1 atom stereocenters. The molecule has 1 amide bonds. The number of carbonyl (C=O) groups is 1. The van der Waals surface area contributed by atoms with E-state index >= 15 is 0 Å². The van der Waals surface area contributed by atoms with E-state index in [1.807, 2.05) is 11.0 Å². The molecule has 3 nitrogen and oxygen atoms in total. The highest BCUT2D eigenvalue weighted by Gasteiger charge is 2.24. The molecule has 0 saturated carbocycles. The van der Waals surface area contributed by atoms with Crippen LogP contribution in [0.25, 0.3) is 0 Å².